The lowest BCUT2D eigenvalue weighted by Gasteiger charge is -2.29. The van der Waals surface area contributed by atoms with E-state index in [1.54, 1.807) is 6.92 Å². The highest BCUT2D eigenvalue weighted by Crippen LogP contribution is 2.38. The van der Waals surface area contributed by atoms with E-state index in [1.807, 2.05) is 52.0 Å². The summed E-state index contributed by atoms with van der Waals surface area (Å²) >= 11 is 3.46. The second-order valence-electron chi connectivity index (χ2n) is 10.3. The molecule has 0 unspecified atom stereocenters. The molecule has 0 saturated heterocycles. The van der Waals surface area contributed by atoms with E-state index in [4.69, 9.17) is 4.74 Å². The second kappa shape index (κ2) is 10.6. The molecule has 184 valence electrons. The summed E-state index contributed by atoms with van der Waals surface area (Å²) in [7, 11) is 0. The number of ether oxygens (including phenoxy) is 1. The Bertz CT molecular complexity index is 1050. The molecule has 1 heterocycles. The maximum Gasteiger partial charge on any atom is 0.337 e. The topological polar surface area (TPSA) is 88.5 Å². The van der Waals surface area contributed by atoms with Gasteiger partial charge in [-0.3, -0.25) is 4.79 Å². The Balaban J connectivity index is 2.13. The van der Waals surface area contributed by atoms with Crippen LogP contribution in [0.25, 0.3) is 11.1 Å². The monoisotopic (exact) mass is 530 g/mol. The molecule has 2 N–H and O–H groups in total. The number of hydrogen-bond donors (Lipinski definition) is 2. The molecule has 34 heavy (non-hydrogen) atoms. The number of carbonyl (C=O) groups excluding carboxylic acids is 1. The highest BCUT2D eigenvalue weighted by atomic mass is 79.9. The molecule has 2 aromatic rings. The Morgan fingerprint density at radius 3 is 2.24 bits per heavy atom. The molecule has 1 atom stereocenters. The number of hydrogen-bond acceptors (Lipinski definition) is 4. The predicted octanol–water partition coefficient (Wildman–Crippen LogP) is 6.38. The number of aromatic nitrogens is 1. The second-order valence-corrected chi connectivity index (χ2v) is 11.3. The third kappa shape index (κ3) is 6.25. The quantitative estimate of drug-likeness (QED) is 0.452. The highest BCUT2D eigenvalue weighted by molar-refractivity contribution is 9.10. The minimum atomic E-state index is -1.22. The Morgan fingerprint density at radius 2 is 1.71 bits per heavy atom. The van der Waals surface area contributed by atoms with Crippen molar-refractivity contribution in [2.24, 2.45) is 5.92 Å². The normalized spacial score (nSPS) is 19.5. The Labute approximate surface area is 210 Å². The van der Waals surface area contributed by atoms with Gasteiger partial charge in [0.25, 0.3) is 5.91 Å². The fourth-order valence-corrected chi connectivity index (χ4v) is 4.85. The molecule has 0 aliphatic heterocycles. The molecule has 1 aliphatic rings. The van der Waals surface area contributed by atoms with E-state index in [9.17, 15) is 14.7 Å². The first-order valence-electron chi connectivity index (χ1n) is 11.9. The number of benzene rings is 1. The van der Waals surface area contributed by atoms with Crippen molar-refractivity contribution in [1.29, 1.82) is 0 Å². The van der Waals surface area contributed by atoms with Crippen molar-refractivity contribution in [3.8, 4) is 11.1 Å². The Kier molecular flexibility index (Phi) is 8.19. The number of rotatable bonds is 6. The maximum atomic E-state index is 13.3. The molecular weight excluding hydrogens is 496 g/mol. The van der Waals surface area contributed by atoms with Gasteiger partial charge in [-0.25, -0.2) is 9.78 Å². The van der Waals surface area contributed by atoms with Crippen LogP contribution in [0.5, 0.6) is 0 Å². The fraction of sp³-hybridized carbons (Fsp3) is 0.519. The van der Waals surface area contributed by atoms with Crippen molar-refractivity contribution >= 4 is 27.8 Å². The summed E-state index contributed by atoms with van der Waals surface area (Å²) in [5.41, 5.74) is 2.73. The molecule has 3 rings (SSSR count). The number of carboxylic acid groups (broad SMARTS) is 1. The number of amides is 1. The summed E-state index contributed by atoms with van der Waals surface area (Å²) < 4.78 is 6.90. The van der Waals surface area contributed by atoms with Gasteiger partial charge >= 0.3 is 5.97 Å². The average Bonchev–Trinajstić information content (AvgIpc) is 2.75. The first-order valence-corrected chi connectivity index (χ1v) is 12.6. The highest BCUT2D eigenvalue weighted by Gasteiger charge is 2.33. The van der Waals surface area contributed by atoms with E-state index in [0.29, 0.717) is 34.0 Å². The van der Waals surface area contributed by atoms with Crippen LogP contribution in [0, 0.1) is 19.8 Å². The molecule has 1 aromatic heterocycles. The number of aryl methyl sites for hydroxylation is 1. The molecule has 1 aromatic carbocycles. The minimum absolute atomic E-state index is 0.136. The molecule has 1 saturated carbocycles. The lowest BCUT2D eigenvalue weighted by molar-refractivity contribution is -0.160. The van der Waals surface area contributed by atoms with Gasteiger partial charge in [0.15, 0.2) is 6.10 Å². The molecule has 1 fully saturated rings. The van der Waals surface area contributed by atoms with E-state index in [1.165, 1.54) is 0 Å². The van der Waals surface area contributed by atoms with Crippen LogP contribution in [0.15, 0.2) is 28.7 Å². The van der Waals surface area contributed by atoms with Crippen LogP contribution in [0.1, 0.15) is 86.8 Å². The number of aliphatic carboxylic acids is 1. The van der Waals surface area contributed by atoms with E-state index in [0.717, 1.165) is 35.7 Å². The SMILES string of the molecule is Cc1nc(C(=O)NC2CCC(C)CC2)c(C)c(-c2ccc(Br)cc2)c1[C@H](OC(C)(C)C)C(=O)O. The molecule has 7 heteroatoms. The summed E-state index contributed by atoms with van der Waals surface area (Å²) in [5.74, 6) is -0.617. The van der Waals surface area contributed by atoms with E-state index in [2.05, 4.69) is 33.2 Å². The van der Waals surface area contributed by atoms with Gasteiger partial charge in [-0.15, -0.1) is 0 Å². The maximum absolute atomic E-state index is 13.3. The first-order chi connectivity index (χ1) is 15.9. The predicted molar refractivity (Wildman–Crippen MR) is 137 cm³/mol. The number of nitrogens with zero attached hydrogens (tertiary/aromatic N) is 1. The van der Waals surface area contributed by atoms with Gasteiger partial charge in [-0.05, 0) is 95.0 Å². The van der Waals surface area contributed by atoms with E-state index >= 15 is 0 Å². The zero-order valence-electron chi connectivity index (χ0n) is 20.9. The average molecular weight is 531 g/mol. The van der Waals surface area contributed by atoms with Gasteiger partial charge in [0, 0.05) is 21.8 Å². The third-order valence-electron chi connectivity index (χ3n) is 6.33. The summed E-state index contributed by atoms with van der Waals surface area (Å²) in [4.78, 5) is 30.3. The molecule has 0 spiro atoms. The van der Waals surface area contributed by atoms with Crippen molar-refractivity contribution in [3.05, 3.63) is 51.3 Å². The standard InChI is InChI=1S/C27H35BrN2O4/c1-15-7-13-20(14-8-15)30-25(31)23-16(2)21(18-9-11-19(28)12-10-18)22(17(3)29-23)24(26(32)33)34-27(4,5)6/h9-12,15,20,24H,7-8,13-14H2,1-6H3,(H,30,31)(H,32,33)/t15?,20?,24-/m0/s1. The van der Waals surface area contributed by atoms with Crippen LogP contribution >= 0.6 is 15.9 Å². The first kappa shape index (κ1) is 26.4. The van der Waals surface area contributed by atoms with Crippen LogP contribution in [0.2, 0.25) is 0 Å². The van der Waals surface area contributed by atoms with Crippen molar-refractivity contribution in [1.82, 2.24) is 10.3 Å². The smallest absolute Gasteiger partial charge is 0.337 e. The lowest BCUT2D eigenvalue weighted by atomic mass is 9.87. The number of nitrogens with one attached hydrogen (secondary N) is 1. The molecule has 0 radical (unpaired) electrons. The summed E-state index contributed by atoms with van der Waals surface area (Å²) in [5, 5.41) is 13.3. The van der Waals surface area contributed by atoms with Gasteiger partial charge in [-0.2, -0.15) is 0 Å². The fourth-order valence-electron chi connectivity index (χ4n) is 4.59. The van der Waals surface area contributed by atoms with Crippen LogP contribution in [0.4, 0.5) is 0 Å². The molecule has 1 aliphatic carbocycles. The largest absolute Gasteiger partial charge is 0.479 e. The number of pyridine rings is 1. The van der Waals surface area contributed by atoms with Crippen molar-refractivity contribution in [2.75, 3.05) is 0 Å². The zero-order valence-corrected chi connectivity index (χ0v) is 22.5. The van der Waals surface area contributed by atoms with Gasteiger partial charge in [0.2, 0.25) is 0 Å². The van der Waals surface area contributed by atoms with Gasteiger partial charge < -0.3 is 15.2 Å². The Hall–Kier alpha value is -2.25. The minimum Gasteiger partial charge on any atom is -0.479 e. The van der Waals surface area contributed by atoms with Crippen LogP contribution in [-0.4, -0.2) is 33.6 Å². The van der Waals surface area contributed by atoms with Gasteiger partial charge in [-0.1, -0.05) is 35.0 Å². The summed E-state index contributed by atoms with van der Waals surface area (Å²) in [6.45, 7) is 11.3. The zero-order chi connectivity index (χ0) is 25.2. The van der Waals surface area contributed by atoms with E-state index < -0.39 is 17.7 Å². The summed E-state index contributed by atoms with van der Waals surface area (Å²) in [6, 6.07) is 7.76. The van der Waals surface area contributed by atoms with E-state index in [-0.39, 0.29) is 11.9 Å². The van der Waals surface area contributed by atoms with Crippen LogP contribution < -0.4 is 5.32 Å². The van der Waals surface area contributed by atoms with Crippen molar-refractivity contribution in [3.63, 3.8) is 0 Å². The van der Waals surface area contributed by atoms with Gasteiger partial charge in [0.1, 0.15) is 5.69 Å². The molecule has 6 nitrogen and oxygen atoms in total. The molecule has 1 amide bonds. The number of carboxylic acids is 1. The third-order valence-corrected chi connectivity index (χ3v) is 6.85. The summed E-state index contributed by atoms with van der Waals surface area (Å²) in [6.07, 6.45) is 2.90. The van der Waals surface area contributed by atoms with Crippen molar-refractivity contribution in [2.45, 2.75) is 85.0 Å². The number of halogens is 1. The van der Waals surface area contributed by atoms with Gasteiger partial charge in [0.05, 0.1) is 5.60 Å². The number of carbonyl (C=O) groups is 2. The Morgan fingerprint density at radius 1 is 1.12 bits per heavy atom. The molecule has 0 bridgehead atoms. The van der Waals surface area contributed by atoms with Crippen molar-refractivity contribution < 1.29 is 19.4 Å². The van der Waals surface area contributed by atoms with Crippen LogP contribution in [-0.2, 0) is 9.53 Å². The molecular formula is C27H35BrN2O4. The van der Waals surface area contributed by atoms with Crippen LogP contribution in [0.3, 0.4) is 0 Å². The lowest BCUT2D eigenvalue weighted by Crippen LogP contribution is -2.38.